The minimum absolute atomic E-state index is 0. The average molecular weight is 509 g/mol. The van der Waals surface area contributed by atoms with Crippen molar-refractivity contribution in [2.24, 2.45) is 5.92 Å². The van der Waals surface area contributed by atoms with E-state index < -0.39 is 0 Å². The highest BCUT2D eigenvalue weighted by atomic mass is 35.5. The van der Waals surface area contributed by atoms with Crippen LogP contribution in [0.3, 0.4) is 0 Å². The number of likely N-dealkylation sites (tertiary alicyclic amines) is 1. The maximum atomic E-state index is 13.0. The molecule has 1 aliphatic rings. The summed E-state index contributed by atoms with van der Waals surface area (Å²) in [6.45, 7) is 6.67. The van der Waals surface area contributed by atoms with Crippen LogP contribution in [0.1, 0.15) is 56.2 Å². The van der Waals surface area contributed by atoms with Crippen LogP contribution in [0.25, 0.3) is 10.8 Å². The van der Waals surface area contributed by atoms with Crippen LogP contribution in [-0.2, 0) is 14.3 Å². The van der Waals surface area contributed by atoms with E-state index in [9.17, 15) is 9.59 Å². The Morgan fingerprint density at radius 2 is 1.69 bits per heavy atom. The monoisotopic (exact) mass is 508 g/mol. The zero-order valence-electron chi connectivity index (χ0n) is 21.2. The lowest BCUT2D eigenvalue weighted by Crippen LogP contribution is -2.32. The number of halogens is 1. The first-order valence-electron chi connectivity index (χ1n) is 12.8. The number of esters is 1. The molecule has 192 valence electrons. The fraction of sp³-hybridized carbons (Fsp3) is 0.400. The minimum Gasteiger partial charge on any atom is -0.466 e. The molecule has 1 fully saturated rings. The highest BCUT2D eigenvalue weighted by Crippen LogP contribution is 2.33. The summed E-state index contributed by atoms with van der Waals surface area (Å²) in [5, 5.41) is 6.29. The Balaban J connectivity index is 0.00000361. The van der Waals surface area contributed by atoms with Crippen LogP contribution in [0, 0.1) is 5.92 Å². The number of hydrogen-bond donors (Lipinski definition) is 1. The summed E-state index contributed by atoms with van der Waals surface area (Å²) in [6, 6.07) is 25.7. The number of benzene rings is 3. The van der Waals surface area contributed by atoms with Crippen LogP contribution >= 0.6 is 12.4 Å². The second-order valence-electron chi connectivity index (χ2n) is 9.43. The number of carbonyl (C=O) groups is 2. The summed E-state index contributed by atoms with van der Waals surface area (Å²) in [4.78, 5) is 26.6. The number of nitrogens with zero attached hydrogens (tertiary/aromatic N) is 1. The van der Waals surface area contributed by atoms with Crippen LogP contribution in [0.15, 0.2) is 72.8 Å². The molecule has 0 aromatic heterocycles. The van der Waals surface area contributed by atoms with Crippen molar-refractivity contribution in [3.8, 4) is 0 Å². The number of hydrogen-bond acceptors (Lipinski definition) is 4. The molecule has 6 heteroatoms. The van der Waals surface area contributed by atoms with Gasteiger partial charge in [0.15, 0.2) is 0 Å². The predicted molar refractivity (Wildman–Crippen MR) is 147 cm³/mol. The van der Waals surface area contributed by atoms with E-state index in [1.54, 1.807) is 6.92 Å². The molecule has 3 aromatic rings. The van der Waals surface area contributed by atoms with E-state index >= 15 is 0 Å². The first-order chi connectivity index (χ1) is 17.1. The predicted octanol–water partition coefficient (Wildman–Crippen LogP) is 5.89. The summed E-state index contributed by atoms with van der Waals surface area (Å²) in [6.07, 6.45) is 1.21. The molecule has 1 aliphatic heterocycles. The molecule has 0 bridgehead atoms. The maximum Gasteiger partial charge on any atom is 0.305 e. The molecule has 0 aliphatic carbocycles. The summed E-state index contributed by atoms with van der Waals surface area (Å²) in [5.74, 6) is 0.509. The molecule has 1 amide bonds. The summed E-state index contributed by atoms with van der Waals surface area (Å²) in [7, 11) is 0. The van der Waals surface area contributed by atoms with Crippen molar-refractivity contribution in [1.29, 1.82) is 0 Å². The summed E-state index contributed by atoms with van der Waals surface area (Å²) in [5.41, 5.74) is 2.57. The minimum atomic E-state index is -0.228. The Labute approximate surface area is 220 Å². The molecule has 36 heavy (non-hydrogen) atoms. The quantitative estimate of drug-likeness (QED) is 0.347. The standard InChI is InChI=1S/C30H36N2O3.ClH/c1-3-35-30(34)18-10-17-29(33)32-20-25(28(21-32)24-11-5-4-6-12-24)19-31-22(2)26-16-9-14-23-13-7-8-15-27(23)26;/h4-9,11-16,22,25,28,31H,3,10,17-21H2,1-2H3;1H/t22-,25+,28-;/m1./s1. The van der Waals surface area contributed by atoms with Crippen molar-refractivity contribution in [2.75, 3.05) is 26.2 Å². The Kier molecular flexibility index (Phi) is 10.3. The van der Waals surface area contributed by atoms with Crippen LogP contribution < -0.4 is 5.32 Å². The highest BCUT2D eigenvalue weighted by molar-refractivity contribution is 5.86. The van der Waals surface area contributed by atoms with E-state index in [-0.39, 0.29) is 36.2 Å². The van der Waals surface area contributed by atoms with Crippen molar-refractivity contribution in [3.63, 3.8) is 0 Å². The van der Waals surface area contributed by atoms with Crippen LogP contribution in [0.2, 0.25) is 0 Å². The van der Waals surface area contributed by atoms with Gasteiger partial charge in [-0.3, -0.25) is 9.59 Å². The zero-order chi connectivity index (χ0) is 24.6. The smallest absolute Gasteiger partial charge is 0.305 e. The zero-order valence-corrected chi connectivity index (χ0v) is 22.0. The molecule has 3 atom stereocenters. The molecule has 0 radical (unpaired) electrons. The SMILES string of the molecule is CCOC(=O)CCCC(=O)N1C[C@H](CN[C@H](C)c2cccc3ccccc23)[C@@H](c2ccccc2)C1.Cl. The fourth-order valence-corrected chi connectivity index (χ4v) is 5.20. The normalized spacial score (nSPS) is 18.0. The lowest BCUT2D eigenvalue weighted by Gasteiger charge is -2.23. The lowest BCUT2D eigenvalue weighted by atomic mass is 9.88. The Morgan fingerprint density at radius 3 is 2.47 bits per heavy atom. The van der Waals surface area contributed by atoms with Crippen molar-refractivity contribution >= 4 is 35.1 Å². The van der Waals surface area contributed by atoms with E-state index in [1.807, 2.05) is 11.0 Å². The lowest BCUT2D eigenvalue weighted by molar-refractivity contribution is -0.143. The van der Waals surface area contributed by atoms with Gasteiger partial charge in [0.2, 0.25) is 5.91 Å². The summed E-state index contributed by atoms with van der Waals surface area (Å²) < 4.78 is 4.99. The van der Waals surface area contributed by atoms with Gasteiger partial charge in [-0.25, -0.2) is 0 Å². The van der Waals surface area contributed by atoms with Gasteiger partial charge >= 0.3 is 5.97 Å². The molecule has 1 N–H and O–H groups in total. The molecule has 1 saturated heterocycles. The van der Waals surface area contributed by atoms with Gasteiger partial charge in [-0.15, -0.1) is 12.4 Å². The maximum absolute atomic E-state index is 13.0. The second-order valence-corrected chi connectivity index (χ2v) is 9.43. The van der Waals surface area contributed by atoms with Crippen LogP contribution in [-0.4, -0.2) is 43.0 Å². The molecule has 0 unspecified atom stereocenters. The van der Waals surface area contributed by atoms with E-state index in [0.29, 0.717) is 31.8 Å². The van der Waals surface area contributed by atoms with E-state index in [4.69, 9.17) is 4.74 Å². The highest BCUT2D eigenvalue weighted by Gasteiger charge is 2.35. The first kappa shape index (κ1) is 27.7. The van der Waals surface area contributed by atoms with E-state index in [2.05, 4.69) is 79.0 Å². The van der Waals surface area contributed by atoms with Gasteiger partial charge in [0.05, 0.1) is 6.61 Å². The van der Waals surface area contributed by atoms with Crippen molar-refractivity contribution in [1.82, 2.24) is 10.2 Å². The number of nitrogens with one attached hydrogen (secondary N) is 1. The summed E-state index contributed by atoms with van der Waals surface area (Å²) >= 11 is 0. The Morgan fingerprint density at radius 1 is 0.972 bits per heavy atom. The largest absolute Gasteiger partial charge is 0.466 e. The van der Waals surface area contributed by atoms with Gasteiger partial charge in [0, 0.05) is 44.4 Å². The first-order valence-corrected chi connectivity index (χ1v) is 12.8. The van der Waals surface area contributed by atoms with Gasteiger partial charge in [-0.2, -0.15) is 0 Å². The molecule has 5 nitrogen and oxygen atoms in total. The average Bonchev–Trinajstić information content (AvgIpc) is 3.32. The van der Waals surface area contributed by atoms with Crippen LogP contribution in [0.4, 0.5) is 0 Å². The van der Waals surface area contributed by atoms with Gasteiger partial charge < -0.3 is 15.0 Å². The molecule has 1 heterocycles. The van der Waals surface area contributed by atoms with Crippen molar-refractivity contribution in [2.45, 2.75) is 45.1 Å². The van der Waals surface area contributed by atoms with E-state index in [0.717, 1.165) is 19.6 Å². The van der Waals surface area contributed by atoms with Crippen molar-refractivity contribution in [3.05, 3.63) is 83.9 Å². The third kappa shape index (κ3) is 6.86. The third-order valence-electron chi connectivity index (χ3n) is 7.07. The molecular weight excluding hydrogens is 472 g/mol. The Bertz CT molecular complexity index is 1130. The molecule has 3 aromatic carbocycles. The van der Waals surface area contributed by atoms with Crippen LogP contribution in [0.5, 0.6) is 0 Å². The van der Waals surface area contributed by atoms with Crippen molar-refractivity contribution < 1.29 is 14.3 Å². The number of carbonyl (C=O) groups excluding carboxylic acids is 2. The fourth-order valence-electron chi connectivity index (χ4n) is 5.20. The molecule has 0 spiro atoms. The van der Waals surface area contributed by atoms with E-state index in [1.165, 1.54) is 21.9 Å². The number of fused-ring (bicyclic) bond motifs is 1. The van der Waals surface area contributed by atoms with Gasteiger partial charge in [-0.05, 0) is 48.1 Å². The Hall–Kier alpha value is -2.89. The van der Waals surface area contributed by atoms with Gasteiger partial charge in [-0.1, -0.05) is 72.8 Å². The second kappa shape index (κ2) is 13.4. The number of amides is 1. The number of ether oxygens (including phenoxy) is 1. The van der Waals surface area contributed by atoms with Gasteiger partial charge in [0.1, 0.15) is 0 Å². The van der Waals surface area contributed by atoms with Gasteiger partial charge in [0.25, 0.3) is 0 Å². The number of rotatable bonds is 10. The molecule has 0 saturated carbocycles. The molecular formula is C30H37ClN2O3. The third-order valence-corrected chi connectivity index (χ3v) is 7.07. The topological polar surface area (TPSA) is 58.6 Å². The molecule has 4 rings (SSSR count).